The lowest BCUT2D eigenvalue weighted by atomic mass is 9.94. The highest BCUT2D eigenvalue weighted by Gasteiger charge is 2.13. The summed E-state index contributed by atoms with van der Waals surface area (Å²) in [7, 11) is 3.46. The first kappa shape index (κ1) is 12.1. The first-order valence-corrected chi connectivity index (χ1v) is 5.82. The Morgan fingerprint density at radius 3 is 2.24 bits per heavy atom. The summed E-state index contributed by atoms with van der Waals surface area (Å²) in [5.74, 6) is 0.288. The van der Waals surface area contributed by atoms with Crippen molar-refractivity contribution < 1.29 is 9.47 Å². The molecular formula is C15H18O2. The summed E-state index contributed by atoms with van der Waals surface area (Å²) in [5, 5.41) is 2.55. The van der Waals surface area contributed by atoms with Gasteiger partial charge >= 0.3 is 0 Å². The normalized spacial score (nSPS) is 11.2. The molecule has 0 spiro atoms. The monoisotopic (exact) mass is 230 g/mol. The number of hydrogen-bond donors (Lipinski definition) is 0. The molecule has 17 heavy (non-hydrogen) atoms. The second-order valence-corrected chi connectivity index (χ2v) is 4.18. The van der Waals surface area contributed by atoms with Crippen LogP contribution in [-0.4, -0.2) is 27.4 Å². The third-order valence-corrected chi connectivity index (χ3v) is 3.00. The van der Waals surface area contributed by atoms with Crippen LogP contribution in [0, 0.1) is 0 Å². The van der Waals surface area contributed by atoms with Gasteiger partial charge in [-0.2, -0.15) is 0 Å². The smallest absolute Gasteiger partial charge is 0.0553 e. The topological polar surface area (TPSA) is 18.5 Å². The molecule has 2 aromatic carbocycles. The Morgan fingerprint density at radius 2 is 1.53 bits per heavy atom. The maximum absolute atomic E-state index is 5.28. The molecule has 0 aromatic heterocycles. The lowest BCUT2D eigenvalue weighted by Crippen LogP contribution is -2.12. The van der Waals surface area contributed by atoms with Crippen molar-refractivity contribution in [2.75, 3.05) is 27.4 Å². The number of rotatable bonds is 5. The first-order chi connectivity index (χ1) is 8.36. The molecule has 0 aliphatic rings. The molecular weight excluding hydrogens is 212 g/mol. The molecule has 0 saturated heterocycles. The fourth-order valence-corrected chi connectivity index (χ4v) is 2.24. The molecule has 90 valence electrons. The van der Waals surface area contributed by atoms with E-state index in [-0.39, 0.29) is 5.92 Å². The van der Waals surface area contributed by atoms with Gasteiger partial charge in [-0.1, -0.05) is 42.5 Å². The van der Waals surface area contributed by atoms with Gasteiger partial charge in [-0.05, 0) is 16.3 Å². The van der Waals surface area contributed by atoms with E-state index in [1.54, 1.807) is 14.2 Å². The Kier molecular flexibility index (Phi) is 4.13. The predicted octanol–water partition coefficient (Wildman–Crippen LogP) is 3.22. The van der Waals surface area contributed by atoms with Gasteiger partial charge in [0.25, 0.3) is 0 Å². The van der Waals surface area contributed by atoms with Crippen LogP contribution in [0.25, 0.3) is 10.8 Å². The molecule has 2 rings (SSSR count). The molecule has 0 heterocycles. The van der Waals surface area contributed by atoms with Crippen LogP contribution < -0.4 is 0 Å². The summed E-state index contributed by atoms with van der Waals surface area (Å²) in [6, 6.07) is 14.8. The molecule has 0 fully saturated rings. The third-order valence-electron chi connectivity index (χ3n) is 3.00. The van der Waals surface area contributed by atoms with Gasteiger partial charge in [0, 0.05) is 20.1 Å². The van der Waals surface area contributed by atoms with Gasteiger partial charge in [0.15, 0.2) is 0 Å². The minimum Gasteiger partial charge on any atom is -0.384 e. The fourth-order valence-electron chi connectivity index (χ4n) is 2.24. The van der Waals surface area contributed by atoms with Crippen molar-refractivity contribution in [3.63, 3.8) is 0 Å². The van der Waals surface area contributed by atoms with Gasteiger partial charge in [0.1, 0.15) is 0 Å². The zero-order valence-electron chi connectivity index (χ0n) is 10.3. The maximum atomic E-state index is 5.28. The van der Waals surface area contributed by atoms with E-state index < -0.39 is 0 Å². The summed E-state index contributed by atoms with van der Waals surface area (Å²) >= 11 is 0. The molecule has 0 aliphatic carbocycles. The van der Waals surface area contributed by atoms with Crippen molar-refractivity contribution in [3.8, 4) is 0 Å². The average molecular weight is 230 g/mol. The highest BCUT2D eigenvalue weighted by molar-refractivity contribution is 5.86. The van der Waals surface area contributed by atoms with Gasteiger partial charge in [0.2, 0.25) is 0 Å². The third kappa shape index (κ3) is 2.65. The molecule has 2 aromatic rings. The van der Waals surface area contributed by atoms with Gasteiger partial charge in [0.05, 0.1) is 13.2 Å². The quantitative estimate of drug-likeness (QED) is 0.785. The zero-order valence-corrected chi connectivity index (χ0v) is 10.3. The molecule has 0 atom stereocenters. The summed E-state index contributed by atoms with van der Waals surface area (Å²) in [6.45, 7) is 1.36. The van der Waals surface area contributed by atoms with Crippen LogP contribution >= 0.6 is 0 Å². The summed E-state index contributed by atoms with van der Waals surface area (Å²) in [5.41, 5.74) is 1.30. The average Bonchev–Trinajstić information content (AvgIpc) is 2.38. The van der Waals surface area contributed by atoms with Gasteiger partial charge < -0.3 is 9.47 Å². The van der Waals surface area contributed by atoms with E-state index in [4.69, 9.17) is 9.47 Å². The summed E-state index contributed by atoms with van der Waals surface area (Å²) < 4.78 is 10.6. The SMILES string of the molecule is COCC(COC)c1cccc2ccccc12. The second kappa shape index (κ2) is 5.80. The number of methoxy groups -OCH3 is 2. The first-order valence-electron chi connectivity index (χ1n) is 5.82. The Morgan fingerprint density at radius 1 is 0.882 bits per heavy atom. The molecule has 0 unspecified atom stereocenters. The van der Waals surface area contributed by atoms with Crippen LogP contribution in [0.1, 0.15) is 11.5 Å². The van der Waals surface area contributed by atoms with Crippen LogP contribution in [0.15, 0.2) is 42.5 Å². The number of benzene rings is 2. The van der Waals surface area contributed by atoms with Crippen LogP contribution in [0.4, 0.5) is 0 Å². The fraction of sp³-hybridized carbons (Fsp3) is 0.333. The minimum atomic E-state index is 0.288. The van der Waals surface area contributed by atoms with E-state index in [9.17, 15) is 0 Å². The Bertz CT molecular complexity index is 468. The summed E-state index contributed by atoms with van der Waals surface area (Å²) in [4.78, 5) is 0. The van der Waals surface area contributed by atoms with E-state index in [1.165, 1.54) is 16.3 Å². The Balaban J connectivity index is 2.44. The van der Waals surface area contributed by atoms with Crippen molar-refractivity contribution in [2.45, 2.75) is 5.92 Å². The molecule has 2 heteroatoms. The van der Waals surface area contributed by atoms with Crippen molar-refractivity contribution in [1.29, 1.82) is 0 Å². The number of hydrogen-bond acceptors (Lipinski definition) is 2. The highest BCUT2D eigenvalue weighted by atomic mass is 16.5. The van der Waals surface area contributed by atoms with Gasteiger partial charge in [-0.15, -0.1) is 0 Å². The van der Waals surface area contributed by atoms with E-state index in [2.05, 4.69) is 42.5 Å². The lowest BCUT2D eigenvalue weighted by Gasteiger charge is -2.17. The van der Waals surface area contributed by atoms with Crippen molar-refractivity contribution in [1.82, 2.24) is 0 Å². The highest BCUT2D eigenvalue weighted by Crippen LogP contribution is 2.26. The van der Waals surface area contributed by atoms with E-state index in [0.29, 0.717) is 13.2 Å². The van der Waals surface area contributed by atoms with Crippen LogP contribution in [0.3, 0.4) is 0 Å². The standard InChI is InChI=1S/C15H18O2/c1-16-10-13(11-17-2)15-9-5-7-12-6-3-4-8-14(12)15/h3-9,13H,10-11H2,1-2H3. The Hall–Kier alpha value is -1.38. The largest absolute Gasteiger partial charge is 0.384 e. The summed E-state index contributed by atoms with van der Waals surface area (Å²) in [6.07, 6.45) is 0. The van der Waals surface area contributed by atoms with Crippen molar-refractivity contribution in [3.05, 3.63) is 48.0 Å². The molecule has 2 nitrogen and oxygen atoms in total. The number of ether oxygens (including phenoxy) is 2. The van der Waals surface area contributed by atoms with Crippen molar-refractivity contribution >= 4 is 10.8 Å². The Labute approximate surface area is 102 Å². The van der Waals surface area contributed by atoms with E-state index in [0.717, 1.165) is 0 Å². The van der Waals surface area contributed by atoms with Gasteiger partial charge in [-0.3, -0.25) is 0 Å². The van der Waals surface area contributed by atoms with Crippen LogP contribution in [-0.2, 0) is 9.47 Å². The minimum absolute atomic E-state index is 0.288. The van der Waals surface area contributed by atoms with E-state index >= 15 is 0 Å². The molecule has 0 N–H and O–H groups in total. The predicted molar refractivity (Wildman–Crippen MR) is 70.4 cm³/mol. The van der Waals surface area contributed by atoms with Gasteiger partial charge in [-0.25, -0.2) is 0 Å². The molecule has 0 saturated carbocycles. The maximum Gasteiger partial charge on any atom is 0.0553 e. The molecule has 0 aliphatic heterocycles. The zero-order chi connectivity index (χ0) is 12.1. The van der Waals surface area contributed by atoms with Crippen LogP contribution in [0.2, 0.25) is 0 Å². The molecule has 0 amide bonds. The molecule has 0 bridgehead atoms. The van der Waals surface area contributed by atoms with Crippen molar-refractivity contribution in [2.24, 2.45) is 0 Å². The lowest BCUT2D eigenvalue weighted by molar-refractivity contribution is 0.117. The van der Waals surface area contributed by atoms with E-state index in [1.807, 2.05) is 0 Å². The second-order valence-electron chi connectivity index (χ2n) is 4.18. The van der Waals surface area contributed by atoms with Crippen LogP contribution in [0.5, 0.6) is 0 Å². The molecule has 0 radical (unpaired) electrons. The number of fused-ring (bicyclic) bond motifs is 1.